The number of rotatable bonds is 5. The molecule has 1 amide bonds. The highest BCUT2D eigenvalue weighted by molar-refractivity contribution is 5.79. The average molecular weight is 268 g/mol. The lowest BCUT2D eigenvalue weighted by molar-refractivity contribution is -0.133. The number of nitrogens with one attached hydrogen (secondary N) is 1. The molecule has 1 saturated heterocycles. The van der Waals surface area contributed by atoms with Gasteiger partial charge in [0.25, 0.3) is 0 Å². The molecule has 2 rings (SSSR count). The summed E-state index contributed by atoms with van der Waals surface area (Å²) in [6.45, 7) is 4.34. The Morgan fingerprint density at radius 3 is 2.63 bits per heavy atom. The van der Waals surface area contributed by atoms with Crippen molar-refractivity contribution in [1.82, 2.24) is 10.2 Å². The van der Waals surface area contributed by atoms with Gasteiger partial charge in [-0.3, -0.25) is 4.79 Å². The summed E-state index contributed by atoms with van der Waals surface area (Å²) in [5, 5.41) is 3.13. The van der Waals surface area contributed by atoms with Gasteiger partial charge in [-0.15, -0.1) is 0 Å². The van der Waals surface area contributed by atoms with E-state index in [2.05, 4.69) is 5.32 Å². The maximum absolute atomic E-state index is 13.1. The summed E-state index contributed by atoms with van der Waals surface area (Å²) in [5.41, 5.74) is 0.511. The molecule has 0 unspecified atom stereocenters. The fraction of sp³-hybridized carbons (Fsp3) is 0.500. The molecule has 3 nitrogen and oxygen atoms in total. The van der Waals surface area contributed by atoms with E-state index >= 15 is 0 Å². The molecule has 104 valence electrons. The average Bonchev–Trinajstić information content (AvgIpc) is 2.31. The largest absolute Gasteiger partial charge is 0.337 e. The maximum Gasteiger partial charge on any atom is 0.227 e. The van der Waals surface area contributed by atoms with E-state index in [-0.39, 0.29) is 18.4 Å². The third kappa shape index (κ3) is 3.29. The minimum absolute atomic E-state index is 0.0284. The van der Waals surface area contributed by atoms with E-state index < -0.39 is 11.6 Å². The van der Waals surface area contributed by atoms with Gasteiger partial charge in [-0.2, -0.15) is 0 Å². The topological polar surface area (TPSA) is 32.3 Å². The Morgan fingerprint density at radius 1 is 1.37 bits per heavy atom. The van der Waals surface area contributed by atoms with Gasteiger partial charge in [0.05, 0.1) is 12.5 Å². The molecular weight excluding hydrogens is 250 g/mol. The highest BCUT2D eigenvalue weighted by Gasteiger charge is 2.27. The second-order valence-corrected chi connectivity index (χ2v) is 4.82. The van der Waals surface area contributed by atoms with Gasteiger partial charge in [-0.05, 0) is 24.1 Å². The normalized spacial score (nSPS) is 15.1. The third-order valence-corrected chi connectivity index (χ3v) is 3.32. The van der Waals surface area contributed by atoms with Crippen molar-refractivity contribution >= 4 is 5.91 Å². The molecule has 5 heteroatoms. The standard InChI is InChI=1S/C14H18F2N2O/c1-2-5-18(11-8-17-9-11)14(19)7-10-3-4-12(15)13(16)6-10/h3-4,6,11,17H,2,5,7-9H2,1H3. The lowest BCUT2D eigenvalue weighted by Crippen LogP contribution is -2.59. The van der Waals surface area contributed by atoms with E-state index in [0.29, 0.717) is 12.1 Å². The van der Waals surface area contributed by atoms with Crippen LogP contribution in [0, 0.1) is 11.6 Å². The second-order valence-electron chi connectivity index (χ2n) is 4.82. The summed E-state index contributed by atoms with van der Waals surface area (Å²) in [5.74, 6) is -1.82. The Hall–Kier alpha value is -1.49. The van der Waals surface area contributed by atoms with Gasteiger partial charge in [-0.1, -0.05) is 13.0 Å². The van der Waals surface area contributed by atoms with Gasteiger partial charge in [0.2, 0.25) is 5.91 Å². The number of hydrogen-bond donors (Lipinski definition) is 1. The molecule has 1 aliphatic rings. The maximum atomic E-state index is 13.1. The van der Waals surface area contributed by atoms with Crippen molar-refractivity contribution in [2.75, 3.05) is 19.6 Å². The molecule has 1 aromatic rings. The first-order valence-electron chi connectivity index (χ1n) is 6.56. The summed E-state index contributed by atoms with van der Waals surface area (Å²) in [6, 6.07) is 3.85. The van der Waals surface area contributed by atoms with E-state index in [1.807, 2.05) is 11.8 Å². The fourth-order valence-electron chi connectivity index (χ4n) is 2.17. The zero-order chi connectivity index (χ0) is 13.8. The van der Waals surface area contributed by atoms with Gasteiger partial charge in [0.15, 0.2) is 11.6 Å². The Kier molecular flexibility index (Phi) is 4.47. The van der Waals surface area contributed by atoms with E-state index in [9.17, 15) is 13.6 Å². The number of nitrogens with zero attached hydrogens (tertiary/aromatic N) is 1. The van der Waals surface area contributed by atoms with Crippen LogP contribution in [0.25, 0.3) is 0 Å². The molecule has 19 heavy (non-hydrogen) atoms. The predicted octanol–water partition coefficient (Wildman–Crippen LogP) is 1.72. The quantitative estimate of drug-likeness (QED) is 0.882. The monoisotopic (exact) mass is 268 g/mol. The van der Waals surface area contributed by atoms with Crippen LogP contribution in [0.3, 0.4) is 0 Å². The van der Waals surface area contributed by atoms with Crippen molar-refractivity contribution in [2.24, 2.45) is 0 Å². The number of carbonyl (C=O) groups excluding carboxylic acids is 1. The van der Waals surface area contributed by atoms with Crippen LogP contribution < -0.4 is 5.32 Å². The molecule has 0 bridgehead atoms. The predicted molar refractivity (Wildman–Crippen MR) is 68.7 cm³/mol. The highest BCUT2D eigenvalue weighted by atomic mass is 19.2. The molecule has 1 N–H and O–H groups in total. The lowest BCUT2D eigenvalue weighted by atomic mass is 10.1. The smallest absolute Gasteiger partial charge is 0.227 e. The van der Waals surface area contributed by atoms with E-state index in [1.54, 1.807) is 0 Å². The van der Waals surface area contributed by atoms with Gasteiger partial charge < -0.3 is 10.2 Å². The first-order chi connectivity index (χ1) is 9.11. The van der Waals surface area contributed by atoms with Crippen LogP contribution >= 0.6 is 0 Å². The summed E-state index contributed by atoms with van der Waals surface area (Å²) >= 11 is 0. The fourth-order valence-corrected chi connectivity index (χ4v) is 2.17. The molecule has 0 saturated carbocycles. The van der Waals surface area contributed by atoms with Crippen LogP contribution in [0.1, 0.15) is 18.9 Å². The Labute approximate surface area is 111 Å². The summed E-state index contributed by atoms with van der Waals surface area (Å²) in [6.07, 6.45) is 1.01. The number of amides is 1. The zero-order valence-electron chi connectivity index (χ0n) is 11.0. The number of hydrogen-bond acceptors (Lipinski definition) is 2. The van der Waals surface area contributed by atoms with Crippen LogP contribution in [-0.2, 0) is 11.2 Å². The zero-order valence-corrected chi connectivity index (χ0v) is 11.0. The van der Waals surface area contributed by atoms with Crippen molar-refractivity contribution in [1.29, 1.82) is 0 Å². The van der Waals surface area contributed by atoms with E-state index in [4.69, 9.17) is 0 Å². The van der Waals surface area contributed by atoms with E-state index in [0.717, 1.165) is 31.6 Å². The van der Waals surface area contributed by atoms with Gasteiger partial charge in [0, 0.05) is 19.6 Å². The number of benzene rings is 1. The van der Waals surface area contributed by atoms with Crippen LogP contribution in [-0.4, -0.2) is 36.5 Å². The van der Waals surface area contributed by atoms with Gasteiger partial charge in [0.1, 0.15) is 0 Å². The molecule has 1 aliphatic heterocycles. The van der Waals surface area contributed by atoms with Gasteiger partial charge >= 0.3 is 0 Å². The Balaban J connectivity index is 2.03. The Morgan fingerprint density at radius 2 is 2.11 bits per heavy atom. The molecule has 0 radical (unpaired) electrons. The first-order valence-corrected chi connectivity index (χ1v) is 6.56. The summed E-state index contributed by atoms with van der Waals surface area (Å²) in [7, 11) is 0. The second kappa shape index (κ2) is 6.10. The molecule has 1 aromatic carbocycles. The first kappa shape index (κ1) is 13.9. The van der Waals surface area contributed by atoms with Crippen molar-refractivity contribution in [2.45, 2.75) is 25.8 Å². The van der Waals surface area contributed by atoms with Crippen LogP contribution in [0.2, 0.25) is 0 Å². The molecule has 0 spiro atoms. The molecule has 0 atom stereocenters. The lowest BCUT2D eigenvalue weighted by Gasteiger charge is -2.38. The minimum atomic E-state index is -0.905. The van der Waals surface area contributed by atoms with Crippen molar-refractivity contribution in [3.63, 3.8) is 0 Å². The van der Waals surface area contributed by atoms with Crippen molar-refractivity contribution in [3.8, 4) is 0 Å². The van der Waals surface area contributed by atoms with Crippen molar-refractivity contribution < 1.29 is 13.6 Å². The van der Waals surface area contributed by atoms with Gasteiger partial charge in [-0.25, -0.2) is 8.78 Å². The van der Waals surface area contributed by atoms with Crippen molar-refractivity contribution in [3.05, 3.63) is 35.4 Å². The van der Waals surface area contributed by atoms with E-state index in [1.165, 1.54) is 6.07 Å². The highest BCUT2D eigenvalue weighted by Crippen LogP contribution is 2.13. The molecule has 1 fully saturated rings. The molecule has 1 heterocycles. The molecular formula is C14H18F2N2O. The number of carbonyl (C=O) groups is 1. The van der Waals surface area contributed by atoms with Crippen LogP contribution in [0.4, 0.5) is 8.78 Å². The Bertz CT molecular complexity index is 461. The SMILES string of the molecule is CCCN(C(=O)Cc1ccc(F)c(F)c1)C1CNC1. The molecule has 0 aliphatic carbocycles. The molecule has 0 aromatic heterocycles. The van der Waals surface area contributed by atoms with Crippen LogP contribution in [0.5, 0.6) is 0 Å². The minimum Gasteiger partial charge on any atom is -0.337 e. The third-order valence-electron chi connectivity index (χ3n) is 3.32. The van der Waals surface area contributed by atoms with Crippen LogP contribution in [0.15, 0.2) is 18.2 Å². The summed E-state index contributed by atoms with van der Waals surface area (Å²) in [4.78, 5) is 14.0. The summed E-state index contributed by atoms with van der Waals surface area (Å²) < 4.78 is 25.9. The number of halogens is 2.